The summed E-state index contributed by atoms with van der Waals surface area (Å²) < 4.78 is 10.5. The van der Waals surface area contributed by atoms with Crippen molar-refractivity contribution in [2.75, 3.05) is 13.2 Å². The lowest BCUT2D eigenvalue weighted by Gasteiger charge is -2.28. The molecule has 0 bridgehead atoms. The van der Waals surface area contributed by atoms with Crippen LogP contribution in [-0.2, 0) is 19.1 Å². The van der Waals surface area contributed by atoms with Crippen molar-refractivity contribution in [3.05, 3.63) is 42.5 Å². The van der Waals surface area contributed by atoms with Crippen LogP contribution in [0.2, 0.25) is 0 Å². The van der Waals surface area contributed by atoms with Gasteiger partial charge in [0.05, 0.1) is 13.2 Å². The maximum Gasteiger partial charge on any atom is 0.323 e. The lowest BCUT2D eigenvalue weighted by molar-refractivity contribution is -0.173. The van der Waals surface area contributed by atoms with Crippen LogP contribution in [0.5, 0.6) is 0 Å². The summed E-state index contributed by atoms with van der Waals surface area (Å²) >= 11 is 0. The van der Waals surface area contributed by atoms with Gasteiger partial charge in [-0.15, -0.1) is 0 Å². The second-order valence-electron chi connectivity index (χ2n) is 7.54. The van der Waals surface area contributed by atoms with Gasteiger partial charge in [0.1, 0.15) is 0 Å². The van der Waals surface area contributed by atoms with Gasteiger partial charge in [0.2, 0.25) is 0 Å². The quantitative estimate of drug-likeness (QED) is 0.579. The molecule has 134 valence electrons. The van der Waals surface area contributed by atoms with Crippen LogP contribution in [0.3, 0.4) is 0 Å². The van der Waals surface area contributed by atoms with Crippen LogP contribution < -0.4 is 0 Å². The van der Waals surface area contributed by atoms with Crippen molar-refractivity contribution in [3.8, 4) is 0 Å². The van der Waals surface area contributed by atoms with E-state index in [1.54, 1.807) is 13.8 Å². The molecule has 2 atom stereocenters. The molecule has 0 aliphatic heterocycles. The predicted octanol–water partition coefficient (Wildman–Crippen LogP) is 4.00. The van der Waals surface area contributed by atoms with E-state index in [9.17, 15) is 9.59 Å². The monoisotopic (exact) mass is 342 g/mol. The lowest BCUT2D eigenvalue weighted by Crippen LogP contribution is -2.42. The number of esters is 2. The second-order valence-corrected chi connectivity index (χ2v) is 7.54. The molecule has 2 aliphatic carbocycles. The largest absolute Gasteiger partial charge is 0.465 e. The van der Waals surface area contributed by atoms with Crippen molar-refractivity contribution >= 4 is 17.5 Å². The van der Waals surface area contributed by atoms with Gasteiger partial charge in [0.25, 0.3) is 0 Å². The maximum atomic E-state index is 12.7. The van der Waals surface area contributed by atoms with E-state index in [-0.39, 0.29) is 24.0 Å². The van der Waals surface area contributed by atoms with Gasteiger partial charge < -0.3 is 9.47 Å². The molecule has 2 saturated carbocycles. The number of hydrogen-bond acceptors (Lipinski definition) is 4. The second kappa shape index (κ2) is 6.01. The average molecular weight is 342 g/mol. The highest BCUT2D eigenvalue weighted by molar-refractivity contribution is 6.02. The summed E-state index contributed by atoms with van der Waals surface area (Å²) in [6, 6.07) is 10.00. The zero-order valence-electron chi connectivity index (χ0n) is 15.3. The standard InChI is InChI=1S/C21H26O4/c1-5-24-17(22)20(18(23)25-6-2)12-19(4)13-21(19,14-20)15(3)16-10-8-7-9-11-16/h7-11H,3,5-6,12-14H2,1-2,4H3/t19-,21-/m1/s1. The molecule has 4 heteroatoms. The number of carbonyl (C=O) groups excluding carboxylic acids is 2. The molecule has 0 unspecified atom stereocenters. The molecule has 25 heavy (non-hydrogen) atoms. The molecule has 0 spiro atoms. The highest BCUT2D eigenvalue weighted by Gasteiger charge is 2.78. The molecule has 2 fully saturated rings. The molecule has 1 aromatic rings. The zero-order valence-corrected chi connectivity index (χ0v) is 15.3. The van der Waals surface area contributed by atoms with E-state index < -0.39 is 17.4 Å². The van der Waals surface area contributed by atoms with Crippen LogP contribution in [0, 0.1) is 16.2 Å². The summed E-state index contributed by atoms with van der Waals surface area (Å²) in [5.74, 6) is -0.913. The van der Waals surface area contributed by atoms with Crippen LogP contribution in [0.4, 0.5) is 0 Å². The Morgan fingerprint density at radius 3 is 2.08 bits per heavy atom. The van der Waals surface area contributed by atoms with E-state index in [2.05, 4.69) is 13.5 Å². The van der Waals surface area contributed by atoms with Crippen LogP contribution in [0.1, 0.15) is 45.6 Å². The first-order valence-corrected chi connectivity index (χ1v) is 8.94. The number of ether oxygens (including phenoxy) is 2. The molecule has 0 radical (unpaired) electrons. The Kier molecular flexibility index (Phi) is 4.26. The minimum absolute atomic E-state index is 0.126. The van der Waals surface area contributed by atoms with Gasteiger partial charge in [-0.2, -0.15) is 0 Å². The Morgan fingerprint density at radius 2 is 1.56 bits per heavy atom. The molecule has 0 aromatic heterocycles. The molecule has 0 saturated heterocycles. The van der Waals surface area contributed by atoms with E-state index in [1.807, 2.05) is 30.3 Å². The van der Waals surface area contributed by atoms with Gasteiger partial charge in [0.15, 0.2) is 5.41 Å². The van der Waals surface area contributed by atoms with Crippen LogP contribution in [-0.4, -0.2) is 25.2 Å². The molecule has 0 N–H and O–H groups in total. The van der Waals surface area contributed by atoms with Crippen LogP contribution in [0.15, 0.2) is 36.9 Å². The fraction of sp³-hybridized carbons (Fsp3) is 0.524. The van der Waals surface area contributed by atoms with Gasteiger partial charge in [-0.25, -0.2) is 0 Å². The summed E-state index contributed by atoms with van der Waals surface area (Å²) in [7, 11) is 0. The maximum absolute atomic E-state index is 12.7. The van der Waals surface area contributed by atoms with Gasteiger partial charge in [0, 0.05) is 5.41 Å². The van der Waals surface area contributed by atoms with E-state index in [0.717, 1.165) is 17.6 Å². The van der Waals surface area contributed by atoms with Crippen molar-refractivity contribution in [1.29, 1.82) is 0 Å². The normalized spacial score (nSPS) is 28.8. The van der Waals surface area contributed by atoms with Gasteiger partial charge in [-0.05, 0) is 49.7 Å². The first-order chi connectivity index (χ1) is 11.8. The molecule has 3 rings (SSSR count). The van der Waals surface area contributed by atoms with Crippen molar-refractivity contribution in [2.24, 2.45) is 16.2 Å². The molecular formula is C21H26O4. The number of hydrogen-bond donors (Lipinski definition) is 0. The minimum atomic E-state index is -1.21. The number of carbonyl (C=O) groups is 2. The minimum Gasteiger partial charge on any atom is -0.465 e. The Morgan fingerprint density at radius 1 is 1.00 bits per heavy atom. The summed E-state index contributed by atoms with van der Waals surface area (Å²) in [4.78, 5) is 25.5. The van der Waals surface area contributed by atoms with Crippen molar-refractivity contribution in [2.45, 2.75) is 40.0 Å². The fourth-order valence-corrected chi connectivity index (χ4v) is 4.78. The third-order valence-corrected chi connectivity index (χ3v) is 6.05. The first kappa shape index (κ1) is 17.7. The van der Waals surface area contributed by atoms with Crippen molar-refractivity contribution < 1.29 is 19.1 Å². The van der Waals surface area contributed by atoms with Crippen molar-refractivity contribution in [3.63, 3.8) is 0 Å². The Bertz CT molecular complexity index is 690. The average Bonchev–Trinajstić information content (AvgIpc) is 3.08. The Balaban J connectivity index is 1.96. The molecule has 4 nitrogen and oxygen atoms in total. The number of rotatable bonds is 6. The van der Waals surface area contributed by atoms with Gasteiger partial charge in [-0.1, -0.05) is 43.8 Å². The van der Waals surface area contributed by atoms with E-state index >= 15 is 0 Å². The number of allylic oxidation sites excluding steroid dienone is 1. The van der Waals surface area contributed by atoms with Gasteiger partial charge >= 0.3 is 11.9 Å². The molecule has 0 heterocycles. The zero-order chi connectivity index (χ0) is 18.3. The summed E-state index contributed by atoms with van der Waals surface area (Å²) in [6.45, 7) is 10.5. The third kappa shape index (κ3) is 2.50. The molecular weight excluding hydrogens is 316 g/mol. The first-order valence-electron chi connectivity index (χ1n) is 8.94. The fourth-order valence-electron chi connectivity index (χ4n) is 4.78. The molecule has 2 aliphatic rings. The molecule has 0 amide bonds. The highest BCUT2D eigenvalue weighted by Crippen LogP contribution is 2.81. The lowest BCUT2D eigenvalue weighted by atomic mass is 9.77. The van der Waals surface area contributed by atoms with E-state index in [4.69, 9.17) is 9.47 Å². The summed E-state index contributed by atoms with van der Waals surface area (Å²) in [6.07, 6.45) is 1.82. The van der Waals surface area contributed by atoms with E-state index in [0.29, 0.717) is 12.8 Å². The van der Waals surface area contributed by atoms with Crippen LogP contribution >= 0.6 is 0 Å². The summed E-state index contributed by atoms with van der Waals surface area (Å²) in [5, 5.41) is 0. The topological polar surface area (TPSA) is 52.6 Å². The Labute approximate surface area is 149 Å². The summed E-state index contributed by atoms with van der Waals surface area (Å²) in [5.41, 5.74) is 0.491. The predicted molar refractivity (Wildman–Crippen MR) is 95.6 cm³/mol. The van der Waals surface area contributed by atoms with Crippen LogP contribution in [0.25, 0.3) is 5.57 Å². The molecule has 1 aromatic carbocycles. The van der Waals surface area contributed by atoms with Crippen molar-refractivity contribution in [1.82, 2.24) is 0 Å². The number of fused-ring (bicyclic) bond motifs is 1. The van der Waals surface area contributed by atoms with Gasteiger partial charge in [-0.3, -0.25) is 9.59 Å². The number of benzene rings is 1. The SMILES string of the molecule is C=C(c1ccccc1)[C@@]12CC(C(=O)OCC)(C(=O)OCC)C[C@]1(C)C2. The smallest absolute Gasteiger partial charge is 0.323 e. The Hall–Kier alpha value is -2.10. The highest BCUT2D eigenvalue weighted by atomic mass is 16.6. The van der Waals surface area contributed by atoms with E-state index in [1.165, 1.54) is 0 Å². The third-order valence-electron chi connectivity index (χ3n) is 6.05.